The first kappa shape index (κ1) is 11.7. The molecule has 1 aliphatic rings. The van der Waals surface area contributed by atoms with Gasteiger partial charge in [-0.2, -0.15) is 13.4 Å². The molecule has 1 fully saturated rings. The van der Waals surface area contributed by atoms with E-state index in [-0.39, 0.29) is 24.7 Å². The van der Waals surface area contributed by atoms with E-state index < -0.39 is 21.4 Å². The summed E-state index contributed by atoms with van der Waals surface area (Å²) in [5.74, 6) is -0.371. The molecule has 0 saturated carbocycles. The average molecular weight is 260 g/mol. The summed E-state index contributed by atoms with van der Waals surface area (Å²) >= 11 is 0. The maximum absolute atomic E-state index is 12.8. The first-order valence-electron chi connectivity index (χ1n) is 4.70. The Morgan fingerprint density at radius 3 is 2.76 bits per heavy atom. The third kappa shape index (κ3) is 2.33. The van der Waals surface area contributed by atoms with E-state index in [1.54, 1.807) is 0 Å². The van der Waals surface area contributed by atoms with E-state index in [0.717, 1.165) is 4.90 Å². The number of carbonyl (C=O) groups excluding carboxylic acids is 1. The first-order chi connectivity index (χ1) is 7.88. The molecule has 7 nitrogen and oxygen atoms in total. The molecule has 0 aliphatic carbocycles. The molecule has 0 radical (unpaired) electrons. The van der Waals surface area contributed by atoms with Crippen molar-refractivity contribution >= 4 is 27.9 Å². The van der Waals surface area contributed by atoms with Crippen molar-refractivity contribution in [2.24, 2.45) is 0 Å². The van der Waals surface area contributed by atoms with Crippen molar-refractivity contribution in [3.05, 3.63) is 12.3 Å². The average Bonchev–Trinajstić information content (AvgIpc) is 2.60. The number of hydrogen-bond acceptors (Lipinski definition) is 6. The summed E-state index contributed by atoms with van der Waals surface area (Å²) in [5, 5.41) is -1.34. The molecule has 1 saturated heterocycles. The van der Waals surface area contributed by atoms with Crippen LogP contribution in [0.1, 0.15) is 6.42 Å². The molecule has 1 amide bonds. The van der Waals surface area contributed by atoms with Crippen molar-refractivity contribution < 1.29 is 17.1 Å². The topological polar surface area (TPSA) is 106 Å². The lowest BCUT2D eigenvalue weighted by molar-refractivity contribution is -0.117. The van der Waals surface area contributed by atoms with Gasteiger partial charge in [-0.25, -0.2) is 4.98 Å². The molecule has 0 bridgehead atoms. The van der Waals surface area contributed by atoms with Gasteiger partial charge in [-0.1, -0.05) is 0 Å². The van der Waals surface area contributed by atoms with Gasteiger partial charge in [-0.3, -0.25) is 9.69 Å². The Kier molecular flexibility index (Phi) is 2.69. The fraction of sp³-hybridized carbons (Fsp3) is 0.375. The molecule has 2 heterocycles. The zero-order chi connectivity index (χ0) is 12.6. The minimum Gasteiger partial charge on any atom is -0.368 e. The van der Waals surface area contributed by atoms with Gasteiger partial charge in [0.2, 0.25) is 11.9 Å². The van der Waals surface area contributed by atoms with Gasteiger partial charge in [-0.05, 0) is 6.07 Å². The van der Waals surface area contributed by atoms with E-state index in [0.29, 0.717) is 0 Å². The number of nitrogen functional groups attached to an aromatic ring is 1. The van der Waals surface area contributed by atoms with E-state index in [1.165, 1.54) is 12.3 Å². The van der Waals surface area contributed by atoms with E-state index in [1.807, 2.05) is 0 Å². The minimum absolute atomic E-state index is 0.0399. The molecule has 1 atom stereocenters. The van der Waals surface area contributed by atoms with Crippen molar-refractivity contribution in [3.63, 3.8) is 0 Å². The molecule has 9 heteroatoms. The summed E-state index contributed by atoms with van der Waals surface area (Å²) in [7, 11) is -4.72. The highest BCUT2D eigenvalue weighted by Crippen LogP contribution is 2.24. The smallest absolute Gasteiger partial charge is 0.307 e. The summed E-state index contributed by atoms with van der Waals surface area (Å²) in [6.07, 6.45) is 0.949. The Labute approximate surface area is 96.7 Å². The number of halogens is 1. The number of carbonyl (C=O) groups is 1. The standard InChI is InChI=1S/C8H9FN4O3S/c9-17(15,16)5-3-7(14)13(4-5)6-1-2-11-8(10)12-6/h1-2,5H,3-4H2,(H2,10,11,12). The molecule has 1 unspecified atom stereocenters. The monoisotopic (exact) mass is 260 g/mol. The van der Waals surface area contributed by atoms with Gasteiger partial charge in [0.25, 0.3) is 0 Å². The van der Waals surface area contributed by atoms with Crippen LogP contribution in [0.3, 0.4) is 0 Å². The molecular weight excluding hydrogens is 251 g/mol. The minimum atomic E-state index is -4.72. The van der Waals surface area contributed by atoms with Crippen LogP contribution in [0.4, 0.5) is 15.7 Å². The quantitative estimate of drug-likeness (QED) is 0.716. The second kappa shape index (κ2) is 3.91. The molecule has 0 spiro atoms. The van der Waals surface area contributed by atoms with Crippen molar-refractivity contribution in [1.29, 1.82) is 0 Å². The van der Waals surface area contributed by atoms with Crippen LogP contribution >= 0.6 is 0 Å². The summed E-state index contributed by atoms with van der Waals surface area (Å²) in [6.45, 7) is -0.256. The zero-order valence-electron chi connectivity index (χ0n) is 8.58. The van der Waals surface area contributed by atoms with Gasteiger partial charge in [0.05, 0.1) is 0 Å². The summed E-state index contributed by atoms with van der Waals surface area (Å²) < 4.78 is 34.2. The summed E-state index contributed by atoms with van der Waals surface area (Å²) in [4.78, 5) is 20.0. The Morgan fingerprint density at radius 1 is 1.53 bits per heavy atom. The van der Waals surface area contributed by atoms with Crippen LogP contribution in [0, 0.1) is 0 Å². The number of rotatable bonds is 2. The highest BCUT2D eigenvalue weighted by Gasteiger charge is 2.39. The molecule has 1 aromatic heterocycles. The van der Waals surface area contributed by atoms with Crippen LogP contribution in [-0.2, 0) is 15.0 Å². The molecule has 2 N–H and O–H groups in total. The van der Waals surface area contributed by atoms with Crippen molar-refractivity contribution in [1.82, 2.24) is 9.97 Å². The number of anilines is 2. The summed E-state index contributed by atoms with van der Waals surface area (Å²) in [5.41, 5.74) is 5.34. The number of amides is 1. The van der Waals surface area contributed by atoms with E-state index in [2.05, 4.69) is 9.97 Å². The van der Waals surface area contributed by atoms with Gasteiger partial charge in [0.15, 0.2) is 0 Å². The highest BCUT2D eigenvalue weighted by molar-refractivity contribution is 7.87. The SMILES string of the molecule is Nc1nccc(N2CC(S(=O)(=O)F)CC2=O)n1. The number of nitrogens with two attached hydrogens (primary N) is 1. The van der Waals surface area contributed by atoms with Gasteiger partial charge in [0.1, 0.15) is 11.1 Å². The van der Waals surface area contributed by atoms with Crippen molar-refractivity contribution in [2.45, 2.75) is 11.7 Å². The van der Waals surface area contributed by atoms with Crippen LogP contribution in [-0.4, -0.2) is 36.1 Å². The van der Waals surface area contributed by atoms with Crippen molar-refractivity contribution in [3.8, 4) is 0 Å². The third-order valence-corrected chi connectivity index (χ3v) is 3.54. The van der Waals surface area contributed by atoms with Crippen LogP contribution < -0.4 is 10.6 Å². The highest BCUT2D eigenvalue weighted by atomic mass is 32.3. The Balaban J connectivity index is 2.28. The zero-order valence-corrected chi connectivity index (χ0v) is 9.39. The normalized spacial score (nSPS) is 20.9. The number of nitrogens with zero attached hydrogens (tertiary/aromatic N) is 3. The number of aromatic nitrogens is 2. The lowest BCUT2D eigenvalue weighted by Crippen LogP contribution is -2.28. The number of hydrogen-bond donors (Lipinski definition) is 1. The van der Waals surface area contributed by atoms with Gasteiger partial charge >= 0.3 is 10.2 Å². The lowest BCUT2D eigenvalue weighted by atomic mass is 10.4. The molecule has 2 rings (SSSR count). The Morgan fingerprint density at radius 2 is 2.24 bits per heavy atom. The fourth-order valence-electron chi connectivity index (χ4n) is 1.60. The predicted octanol–water partition coefficient (Wildman–Crippen LogP) is -0.537. The predicted molar refractivity (Wildman–Crippen MR) is 57.2 cm³/mol. The van der Waals surface area contributed by atoms with Gasteiger partial charge < -0.3 is 5.73 Å². The lowest BCUT2D eigenvalue weighted by Gasteiger charge is -2.14. The molecule has 1 aliphatic heterocycles. The van der Waals surface area contributed by atoms with E-state index in [9.17, 15) is 17.1 Å². The van der Waals surface area contributed by atoms with Crippen LogP contribution in [0.2, 0.25) is 0 Å². The molecule has 92 valence electrons. The Bertz CT molecular complexity index is 562. The molecule has 0 aromatic carbocycles. The van der Waals surface area contributed by atoms with Crippen LogP contribution in [0.5, 0.6) is 0 Å². The second-order valence-corrected chi connectivity index (χ2v) is 5.20. The van der Waals surface area contributed by atoms with Crippen LogP contribution in [0.25, 0.3) is 0 Å². The van der Waals surface area contributed by atoms with Gasteiger partial charge in [0, 0.05) is 19.2 Å². The van der Waals surface area contributed by atoms with E-state index >= 15 is 0 Å². The summed E-state index contributed by atoms with van der Waals surface area (Å²) in [6, 6.07) is 1.40. The maximum atomic E-state index is 12.8. The fourth-order valence-corrected chi connectivity index (χ4v) is 2.27. The largest absolute Gasteiger partial charge is 0.368 e. The van der Waals surface area contributed by atoms with Gasteiger partial charge in [-0.15, -0.1) is 3.89 Å². The molecular formula is C8H9FN4O3S. The van der Waals surface area contributed by atoms with Crippen molar-refractivity contribution in [2.75, 3.05) is 17.2 Å². The maximum Gasteiger partial charge on any atom is 0.307 e. The van der Waals surface area contributed by atoms with Crippen LogP contribution in [0.15, 0.2) is 12.3 Å². The third-order valence-electron chi connectivity index (χ3n) is 2.42. The first-order valence-corrected chi connectivity index (χ1v) is 6.15. The molecule has 17 heavy (non-hydrogen) atoms. The second-order valence-electron chi connectivity index (χ2n) is 3.58. The van der Waals surface area contributed by atoms with E-state index in [4.69, 9.17) is 5.73 Å². The molecule has 1 aromatic rings. The Hall–Kier alpha value is -1.77.